The normalized spacial score (nSPS) is 16.1. The van der Waals surface area contributed by atoms with Gasteiger partial charge in [0.2, 0.25) is 5.91 Å². The van der Waals surface area contributed by atoms with Crippen LogP contribution in [0.25, 0.3) is 6.08 Å². The molecule has 0 bridgehead atoms. The van der Waals surface area contributed by atoms with Crippen molar-refractivity contribution in [3.05, 3.63) is 46.9 Å². The van der Waals surface area contributed by atoms with Crippen LogP contribution in [-0.4, -0.2) is 64.3 Å². The smallest absolute Gasteiger partial charge is 0.244 e. The van der Waals surface area contributed by atoms with E-state index in [-0.39, 0.29) is 11.9 Å². The number of piperazine rings is 1. The second-order valence-electron chi connectivity index (χ2n) is 8.09. The summed E-state index contributed by atoms with van der Waals surface area (Å²) in [7, 11) is 0. The number of anilines is 1. The Morgan fingerprint density at radius 2 is 2.06 bits per heavy atom. The van der Waals surface area contributed by atoms with Gasteiger partial charge in [0, 0.05) is 63.1 Å². The standard InChI is InChI=1S/C23H33ClN6O/c1-4-5-12-30-23(24)20(19(3)27-30)9-10-22(31)26-18(2)17-28-13-15-29(16-14-28)21-8-6-7-11-25-21/h6-11,18H,4-5,12-17H2,1-3H3,(H,26,31). The molecule has 7 nitrogen and oxygen atoms in total. The van der Waals surface area contributed by atoms with Gasteiger partial charge in [0.05, 0.1) is 5.69 Å². The van der Waals surface area contributed by atoms with Crippen molar-refractivity contribution in [3.63, 3.8) is 0 Å². The summed E-state index contributed by atoms with van der Waals surface area (Å²) in [6.07, 6.45) is 7.26. The summed E-state index contributed by atoms with van der Waals surface area (Å²) < 4.78 is 1.81. The number of aryl methyl sites for hydroxylation is 2. The van der Waals surface area contributed by atoms with Crippen LogP contribution in [0, 0.1) is 6.92 Å². The second-order valence-corrected chi connectivity index (χ2v) is 8.44. The predicted molar refractivity (Wildman–Crippen MR) is 126 cm³/mol. The number of nitrogens with zero attached hydrogens (tertiary/aromatic N) is 5. The van der Waals surface area contributed by atoms with E-state index < -0.39 is 0 Å². The summed E-state index contributed by atoms with van der Waals surface area (Å²) in [6.45, 7) is 11.5. The van der Waals surface area contributed by atoms with E-state index in [1.807, 2.05) is 42.9 Å². The van der Waals surface area contributed by atoms with Crippen LogP contribution in [0.4, 0.5) is 5.82 Å². The topological polar surface area (TPSA) is 66.3 Å². The van der Waals surface area contributed by atoms with Crippen molar-refractivity contribution in [1.29, 1.82) is 0 Å². The van der Waals surface area contributed by atoms with Crippen molar-refractivity contribution in [2.45, 2.75) is 46.2 Å². The third-order valence-electron chi connectivity index (χ3n) is 5.50. The highest BCUT2D eigenvalue weighted by molar-refractivity contribution is 6.31. The fourth-order valence-corrected chi connectivity index (χ4v) is 4.12. The Bertz CT molecular complexity index is 874. The van der Waals surface area contributed by atoms with Gasteiger partial charge in [-0.2, -0.15) is 5.10 Å². The maximum absolute atomic E-state index is 12.4. The lowest BCUT2D eigenvalue weighted by Gasteiger charge is -2.36. The molecule has 3 heterocycles. The molecule has 2 aromatic rings. The fourth-order valence-electron chi connectivity index (χ4n) is 3.80. The number of carbonyl (C=O) groups excluding carboxylic acids is 1. The van der Waals surface area contributed by atoms with Crippen LogP contribution in [0.15, 0.2) is 30.5 Å². The van der Waals surface area contributed by atoms with Gasteiger partial charge in [0.25, 0.3) is 0 Å². The third kappa shape index (κ3) is 6.55. The van der Waals surface area contributed by atoms with E-state index in [2.05, 4.69) is 32.1 Å². The van der Waals surface area contributed by atoms with E-state index in [1.165, 1.54) is 0 Å². The highest BCUT2D eigenvalue weighted by atomic mass is 35.5. The SMILES string of the molecule is CCCCn1nc(C)c(C=CC(=O)NC(C)CN2CCN(c3ccccn3)CC2)c1Cl. The molecule has 2 aromatic heterocycles. The molecule has 0 radical (unpaired) electrons. The van der Waals surface area contributed by atoms with Crippen LogP contribution < -0.4 is 10.2 Å². The van der Waals surface area contributed by atoms with Crippen LogP contribution in [0.2, 0.25) is 5.15 Å². The molecule has 0 aromatic carbocycles. The number of unbranched alkanes of at least 4 members (excludes halogenated alkanes) is 1. The van der Waals surface area contributed by atoms with Crippen molar-refractivity contribution in [2.75, 3.05) is 37.6 Å². The highest BCUT2D eigenvalue weighted by Crippen LogP contribution is 2.21. The first kappa shape index (κ1) is 23.3. The van der Waals surface area contributed by atoms with Gasteiger partial charge in [-0.1, -0.05) is 31.0 Å². The molecular formula is C23H33ClN6O. The zero-order chi connectivity index (χ0) is 22.2. The monoisotopic (exact) mass is 444 g/mol. The lowest BCUT2D eigenvalue weighted by Crippen LogP contribution is -2.50. The van der Waals surface area contributed by atoms with Gasteiger partial charge < -0.3 is 10.2 Å². The Morgan fingerprint density at radius 1 is 1.29 bits per heavy atom. The third-order valence-corrected chi connectivity index (χ3v) is 5.90. The van der Waals surface area contributed by atoms with Crippen molar-refractivity contribution in [2.24, 2.45) is 0 Å². The summed E-state index contributed by atoms with van der Waals surface area (Å²) >= 11 is 6.44. The van der Waals surface area contributed by atoms with E-state index in [9.17, 15) is 4.79 Å². The van der Waals surface area contributed by atoms with E-state index in [0.717, 1.165) is 69.2 Å². The Hall–Kier alpha value is -2.38. The molecule has 0 spiro atoms. The lowest BCUT2D eigenvalue weighted by atomic mass is 10.2. The van der Waals surface area contributed by atoms with Gasteiger partial charge in [-0.3, -0.25) is 14.4 Å². The molecule has 0 saturated carbocycles. The van der Waals surface area contributed by atoms with E-state index >= 15 is 0 Å². The number of halogens is 1. The number of aromatic nitrogens is 3. The van der Waals surface area contributed by atoms with Gasteiger partial charge in [0.15, 0.2) is 0 Å². The molecular weight excluding hydrogens is 412 g/mol. The van der Waals surface area contributed by atoms with Crippen LogP contribution >= 0.6 is 11.6 Å². The molecule has 1 saturated heterocycles. The predicted octanol–water partition coefficient (Wildman–Crippen LogP) is 3.38. The quantitative estimate of drug-likeness (QED) is 0.600. The summed E-state index contributed by atoms with van der Waals surface area (Å²) in [4.78, 5) is 21.5. The Labute approximate surface area is 190 Å². The molecule has 168 valence electrons. The zero-order valence-corrected chi connectivity index (χ0v) is 19.5. The zero-order valence-electron chi connectivity index (χ0n) is 18.7. The van der Waals surface area contributed by atoms with Gasteiger partial charge in [-0.05, 0) is 38.5 Å². The number of rotatable bonds is 9. The Morgan fingerprint density at radius 3 is 2.74 bits per heavy atom. The molecule has 31 heavy (non-hydrogen) atoms. The number of hydrogen-bond acceptors (Lipinski definition) is 5. The summed E-state index contributed by atoms with van der Waals surface area (Å²) in [6, 6.07) is 6.06. The molecule has 0 aliphatic carbocycles. The number of nitrogens with one attached hydrogen (secondary N) is 1. The minimum Gasteiger partial charge on any atom is -0.354 e. The van der Waals surface area contributed by atoms with Crippen LogP contribution in [-0.2, 0) is 11.3 Å². The molecule has 1 aliphatic heterocycles. The van der Waals surface area contributed by atoms with Gasteiger partial charge in [-0.15, -0.1) is 0 Å². The fraction of sp³-hybridized carbons (Fsp3) is 0.522. The first-order chi connectivity index (χ1) is 15.0. The number of pyridine rings is 1. The summed E-state index contributed by atoms with van der Waals surface area (Å²) in [5.74, 6) is 0.914. The molecule has 1 fully saturated rings. The maximum Gasteiger partial charge on any atom is 0.244 e. The van der Waals surface area contributed by atoms with E-state index in [0.29, 0.717) is 5.15 Å². The Balaban J connectivity index is 1.45. The first-order valence-electron chi connectivity index (χ1n) is 11.1. The van der Waals surface area contributed by atoms with Crippen LogP contribution in [0.1, 0.15) is 37.9 Å². The largest absolute Gasteiger partial charge is 0.354 e. The maximum atomic E-state index is 12.4. The Kier molecular flexibility index (Phi) is 8.49. The number of amides is 1. The lowest BCUT2D eigenvalue weighted by molar-refractivity contribution is -0.117. The summed E-state index contributed by atoms with van der Waals surface area (Å²) in [5.41, 5.74) is 1.65. The van der Waals surface area contributed by atoms with E-state index in [4.69, 9.17) is 11.6 Å². The van der Waals surface area contributed by atoms with Crippen molar-refractivity contribution < 1.29 is 4.79 Å². The first-order valence-corrected chi connectivity index (χ1v) is 11.5. The van der Waals surface area contributed by atoms with Crippen molar-refractivity contribution in [1.82, 2.24) is 25.0 Å². The second kappa shape index (κ2) is 11.3. The molecule has 8 heteroatoms. The van der Waals surface area contributed by atoms with Gasteiger partial charge in [0.1, 0.15) is 11.0 Å². The summed E-state index contributed by atoms with van der Waals surface area (Å²) in [5, 5.41) is 8.13. The van der Waals surface area contributed by atoms with Gasteiger partial charge in [-0.25, -0.2) is 4.98 Å². The van der Waals surface area contributed by atoms with Crippen molar-refractivity contribution >= 4 is 29.4 Å². The van der Waals surface area contributed by atoms with Crippen LogP contribution in [0.3, 0.4) is 0 Å². The number of carbonyl (C=O) groups is 1. The molecule has 1 N–H and O–H groups in total. The van der Waals surface area contributed by atoms with Crippen LogP contribution in [0.5, 0.6) is 0 Å². The molecule has 1 amide bonds. The minimum atomic E-state index is -0.114. The highest BCUT2D eigenvalue weighted by Gasteiger charge is 2.19. The molecule has 1 aliphatic rings. The molecule has 3 rings (SSSR count). The van der Waals surface area contributed by atoms with E-state index in [1.54, 1.807) is 12.2 Å². The molecule has 1 unspecified atom stereocenters. The average molecular weight is 445 g/mol. The number of hydrogen-bond donors (Lipinski definition) is 1. The molecule has 1 atom stereocenters. The average Bonchev–Trinajstić information content (AvgIpc) is 3.04. The van der Waals surface area contributed by atoms with Crippen molar-refractivity contribution in [3.8, 4) is 0 Å². The minimum absolute atomic E-state index is 0.0578. The van der Waals surface area contributed by atoms with Gasteiger partial charge >= 0.3 is 0 Å².